The first-order valence-corrected chi connectivity index (χ1v) is 4.25. The maximum Gasteiger partial charge on any atom is 0.255 e. The fraction of sp³-hybridized carbons (Fsp3) is 0.222. The molecule has 3 nitrogen and oxygen atoms in total. The molecule has 1 aromatic rings. The van der Waals surface area contributed by atoms with Crippen molar-refractivity contribution in [2.75, 3.05) is 7.11 Å². The zero-order chi connectivity index (χ0) is 9.42. The summed E-state index contributed by atoms with van der Waals surface area (Å²) >= 11 is 5.84. The maximum absolute atomic E-state index is 11.3. The van der Waals surface area contributed by atoms with Gasteiger partial charge >= 0.3 is 0 Å². The number of halogens is 1. The van der Waals surface area contributed by atoms with Gasteiger partial charge in [-0.3, -0.25) is 4.79 Å². The van der Waals surface area contributed by atoms with E-state index in [0.717, 1.165) is 5.56 Å². The first-order valence-electron chi connectivity index (χ1n) is 3.87. The van der Waals surface area contributed by atoms with Gasteiger partial charge in [0.2, 0.25) is 0 Å². The van der Waals surface area contributed by atoms with Crippen LogP contribution in [0.25, 0.3) is 0 Å². The van der Waals surface area contributed by atoms with Crippen LogP contribution in [0.2, 0.25) is 5.02 Å². The number of fused-ring (bicyclic) bond motifs is 1. The number of hydrogen-bond acceptors (Lipinski definition) is 2. The average Bonchev–Trinajstić information content (AvgIpc) is 2.46. The van der Waals surface area contributed by atoms with Crippen LogP contribution >= 0.6 is 11.6 Å². The summed E-state index contributed by atoms with van der Waals surface area (Å²) < 4.78 is 5.06. The number of hydrogen-bond donors (Lipinski definition) is 1. The van der Waals surface area contributed by atoms with Gasteiger partial charge < -0.3 is 10.1 Å². The van der Waals surface area contributed by atoms with Crippen LogP contribution in [0.5, 0.6) is 5.75 Å². The minimum absolute atomic E-state index is 0.0940. The van der Waals surface area contributed by atoms with Gasteiger partial charge in [-0.2, -0.15) is 0 Å². The van der Waals surface area contributed by atoms with Gasteiger partial charge in [-0.25, -0.2) is 0 Å². The summed E-state index contributed by atoms with van der Waals surface area (Å²) in [6.07, 6.45) is 0. The molecular weight excluding hydrogens is 190 g/mol. The maximum atomic E-state index is 11.3. The van der Waals surface area contributed by atoms with E-state index in [1.54, 1.807) is 12.1 Å². The van der Waals surface area contributed by atoms with E-state index in [4.69, 9.17) is 16.3 Å². The number of ether oxygens (including phenoxy) is 1. The molecule has 13 heavy (non-hydrogen) atoms. The Morgan fingerprint density at radius 2 is 2.31 bits per heavy atom. The topological polar surface area (TPSA) is 38.3 Å². The molecule has 1 aliphatic heterocycles. The number of carbonyl (C=O) groups is 1. The Morgan fingerprint density at radius 3 is 3.00 bits per heavy atom. The Bertz CT molecular complexity index is 376. The number of methoxy groups -OCH3 is 1. The van der Waals surface area contributed by atoms with E-state index in [1.165, 1.54) is 7.11 Å². The smallest absolute Gasteiger partial charge is 0.255 e. The fourth-order valence-electron chi connectivity index (χ4n) is 1.46. The lowest BCUT2D eigenvalue weighted by molar-refractivity contribution is 0.0963. The Labute approximate surface area is 80.6 Å². The van der Waals surface area contributed by atoms with Gasteiger partial charge in [-0.15, -0.1) is 0 Å². The summed E-state index contributed by atoms with van der Waals surface area (Å²) in [5.41, 5.74) is 1.50. The van der Waals surface area contributed by atoms with Crippen LogP contribution in [-0.2, 0) is 6.54 Å². The number of carbonyl (C=O) groups excluding carboxylic acids is 1. The third-order valence-electron chi connectivity index (χ3n) is 2.03. The highest BCUT2D eigenvalue weighted by molar-refractivity contribution is 6.31. The molecule has 0 aliphatic carbocycles. The molecule has 0 fully saturated rings. The van der Waals surface area contributed by atoms with E-state index in [-0.39, 0.29) is 5.91 Å². The van der Waals surface area contributed by atoms with Crippen LogP contribution in [-0.4, -0.2) is 13.0 Å². The standard InChI is InChI=1S/C9H8ClNO2/c1-13-7-3-6(10)2-5-4-11-9(12)8(5)7/h2-3H,4H2,1H3,(H,11,12). The largest absolute Gasteiger partial charge is 0.496 e. The third kappa shape index (κ3) is 1.25. The minimum Gasteiger partial charge on any atom is -0.496 e. The van der Waals surface area contributed by atoms with Gasteiger partial charge in [0.05, 0.1) is 12.7 Å². The first-order chi connectivity index (χ1) is 6.22. The van der Waals surface area contributed by atoms with Gasteiger partial charge in [0.15, 0.2) is 0 Å². The molecule has 0 saturated heterocycles. The second-order valence-electron chi connectivity index (χ2n) is 2.82. The quantitative estimate of drug-likeness (QED) is 0.743. The molecule has 1 N–H and O–H groups in total. The zero-order valence-corrected chi connectivity index (χ0v) is 7.81. The highest BCUT2D eigenvalue weighted by Gasteiger charge is 2.23. The van der Waals surface area contributed by atoms with E-state index >= 15 is 0 Å². The molecule has 1 aliphatic rings. The van der Waals surface area contributed by atoms with Crippen LogP contribution in [0.1, 0.15) is 15.9 Å². The van der Waals surface area contributed by atoms with Gasteiger partial charge in [0.1, 0.15) is 5.75 Å². The van der Waals surface area contributed by atoms with Crippen molar-refractivity contribution in [2.45, 2.75) is 6.54 Å². The van der Waals surface area contributed by atoms with E-state index in [2.05, 4.69) is 5.32 Å². The van der Waals surface area contributed by atoms with Crippen molar-refractivity contribution in [3.8, 4) is 5.75 Å². The lowest BCUT2D eigenvalue weighted by Gasteiger charge is -2.04. The van der Waals surface area contributed by atoms with Crippen molar-refractivity contribution in [1.82, 2.24) is 5.32 Å². The van der Waals surface area contributed by atoms with E-state index in [1.807, 2.05) is 0 Å². The van der Waals surface area contributed by atoms with Crippen molar-refractivity contribution < 1.29 is 9.53 Å². The molecule has 68 valence electrons. The average molecular weight is 198 g/mol. The molecular formula is C9H8ClNO2. The van der Waals surface area contributed by atoms with Crippen molar-refractivity contribution in [2.24, 2.45) is 0 Å². The normalized spacial score (nSPS) is 13.8. The van der Waals surface area contributed by atoms with Gasteiger partial charge in [-0.1, -0.05) is 11.6 Å². The van der Waals surface area contributed by atoms with Crippen LogP contribution < -0.4 is 10.1 Å². The Hall–Kier alpha value is -1.22. The fourth-order valence-corrected chi connectivity index (χ4v) is 1.69. The van der Waals surface area contributed by atoms with E-state index in [0.29, 0.717) is 22.9 Å². The Morgan fingerprint density at radius 1 is 1.54 bits per heavy atom. The van der Waals surface area contributed by atoms with Crippen LogP contribution in [0.3, 0.4) is 0 Å². The molecule has 0 spiro atoms. The minimum atomic E-state index is -0.0940. The summed E-state index contributed by atoms with van der Waals surface area (Å²) in [4.78, 5) is 11.3. The highest BCUT2D eigenvalue weighted by Crippen LogP contribution is 2.30. The van der Waals surface area contributed by atoms with E-state index in [9.17, 15) is 4.79 Å². The molecule has 4 heteroatoms. The lowest BCUT2D eigenvalue weighted by atomic mass is 10.1. The molecule has 1 aromatic carbocycles. The van der Waals surface area contributed by atoms with Gasteiger partial charge in [0.25, 0.3) is 5.91 Å². The van der Waals surface area contributed by atoms with Crippen LogP contribution in [0.15, 0.2) is 12.1 Å². The predicted molar refractivity (Wildman–Crippen MR) is 49.2 cm³/mol. The number of amides is 1. The zero-order valence-electron chi connectivity index (χ0n) is 7.06. The van der Waals surface area contributed by atoms with Crippen molar-refractivity contribution in [3.63, 3.8) is 0 Å². The molecule has 0 aromatic heterocycles. The van der Waals surface area contributed by atoms with Crippen molar-refractivity contribution in [3.05, 3.63) is 28.3 Å². The highest BCUT2D eigenvalue weighted by atomic mass is 35.5. The molecule has 0 atom stereocenters. The third-order valence-corrected chi connectivity index (χ3v) is 2.25. The number of benzene rings is 1. The number of rotatable bonds is 1. The summed E-state index contributed by atoms with van der Waals surface area (Å²) in [6.45, 7) is 0.533. The first kappa shape index (κ1) is 8.38. The number of nitrogens with one attached hydrogen (secondary N) is 1. The molecule has 0 radical (unpaired) electrons. The summed E-state index contributed by atoms with van der Waals surface area (Å²) in [7, 11) is 1.53. The lowest BCUT2D eigenvalue weighted by Crippen LogP contribution is -2.13. The molecule has 0 bridgehead atoms. The SMILES string of the molecule is COc1cc(Cl)cc2c1C(=O)NC2. The van der Waals surface area contributed by atoms with Crippen LogP contribution in [0.4, 0.5) is 0 Å². The molecule has 2 rings (SSSR count). The van der Waals surface area contributed by atoms with Crippen molar-refractivity contribution in [1.29, 1.82) is 0 Å². The van der Waals surface area contributed by atoms with Gasteiger partial charge in [-0.05, 0) is 17.7 Å². The summed E-state index contributed by atoms with van der Waals surface area (Å²) in [5, 5.41) is 3.30. The summed E-state index contributed by atoms with van der Waals surface area (Å²) in [6, 6.07) is 3.42. The summed E-state index contributed by atoms with van der Waals surface area (Å²) in [5.74, 6) is 0.445. The Balaban J connectivity index is 2.64. The second-order valence-corrected chi connectivity index (χ2v) is 3.26. The molecule has 1 heterocycles. The molecule has 0 unspecified atom stereocenters. The Kier molecular flexibility index (Phi) is 1.88. The predicted octanol–water partition coefficient (Wildman–Crippen LogP) is 1.59. The molecule has 0 saturated carbocycles. The second kappa shape index (κ2) is 2.92. The molecule has 1 amide bonds. The van der Waals surface area contributed by atoms with Crippen molar-refractivity contribution >= 4 is 17.5 Å². The van der Waals surface area contributed by atoms with Crippen LogP contribution in [0, 0.1) is 0 Å². The van der Waals surface area contributed by atoms with Gasteiger partial charge in [0, 0.05) is 11.6 Å². The monoisotopic (exact) mass is 197 g/mol. The van der Waals surface area contributed by atoms with E-state index < -0.39 is 0 Å².